The summed E-state index contributed by atoms with van der Waals surface area (Å²) in [7, 11) is 3.11. The molecule has 2 aromatic rings. The maximum Gasteiger partial charge on any atom is 0.338 e. The third-order valence-corrected chi connectivity index (χ3v) is 3.54. The summed E-state index contributed by atoms with van der Waals surface area (Å²) in [6.07, 6.45) is 2.86. The minimum atomic E-state index is -0.429. The van der Waals surface area contributed by atoms with E-state index in [0.717, 1.165) is 5.56 Å². The van der Waals surface area contributed by atoms with E-state index in [9.17, 15) is 9.59 Å². The Labute approximate surface area is 158 Å². The van der Waals surface area contributed by atoms with Crippen molar-refractivity contribution in [1.29, 1.82) is 0 Å². The fraction of sp³-hybridized carbons (Fsp3) is 0.238. The highest BCUT2D eigenvalue weighted by Crippen LogP contribution is 2.28. The van der Waals surface area contributed by atoms with Gasteiger partial charge in [-0.1, -0.05) is 12.1 Å². The normalized spacial score (nSPS) is 10.7. The van der Waals surface area contributed by atoms with E-state index in [-0.39, 0.29) is 12.0 Å². The Bertz CT molecular complexity index is 842. The van der Waals surface area contributed by atoms with Crippen LogP contribution >= 0.6 is 0 Å². The smallest absolute Gasteiger partial charge is 0.338 e. The fourth-order valence-corrected chi connectivity index (χ4v) is 2.32. The Morgan fingerprint density at radius 1 is 1.00 bits per heavy atom. The molecule has 0 aliphatic rings. The predicted molar refractivity (Wildman–Crippen MR) is 104 cm³/mol. The van der Waals surface area contributed by atoms with Gasteiger partial charge in [0.05, 0.1) is 25.9 Å². The molecule has 6 heteroatoms. The van der Waals surface area contributed by atoms with Crippen LogP contribution < -0.4 is 14.8 Å². The fourth-order valence-electron chi connectivity index (χ4n) is 2.32. The van der Waals surface area contributed by atoms with Gasteiger partial charge in [0.25, 0.3) is 0 Å². The molecule has 0 saturated heterocycles. The van der Waals surface area contributed by atoms with Gasteiger partial charge >= 0.3 is 5.97 Å². The molecule has 0 fully saturated rings. The van der Waals surface area contributed by atoms with E-state index in [1.807, 2.05) is 6.07 Å². The molecular weight excluding hydrogens is 346 g/mol. The van der Waals surface area contributed by atoms with Crippen LogP contribution in [0.25, 0.3) is 6.08 Å². The third kappa shape index (κ3) is 5.88. The zero-order chi connectivity index (χ0) is 19.8. The van der Waals surface area contributed by atoms with Crippen LogP contribution in [-0.4, -0.2) is 32.2 Å². The lowest BCUT2D eigenvalue weighted by atomic mass is 10.1. The SMILES string of the molecule is COc1ccc(/C=C/C(=O)Nc2cccc(C(=O)OC(C)C)c2)cc1OC. The highest BCUT2D eigenvalue weighted by atomic mass is 16.5. The van der Waals surface area contributed by atoms with E-state index >= 15 is 0 Å². The molecule has 27 heavy (non-hydrogen) atoms. The van der Waals surface area contributed by atoms with Crippen molar-refractivity contribution >= 4 is 23.6 Å². The molecule has 1 amide bonds. The Morgan fingerprint density at radius 2 is 1.74 bits per heavy atom. The first-order valence-corrected chi connectivity index (χ1v) is 8.45. The van der Waals surface area contributed by atoms with E-state index in [4.69, 9.17) is 14.2 Å². The van der Waals surface area contributed by atoms with Crippen molar-refractivity contribution in [3.05, 3.63) is 59.7 Å². The third-order valence-electron chi connectivity index (χ3n) is 3.54. The molecule has 0 bridgehead atoms. The molecule has 2 rings (SSSR count). The van der Waals surface area contributed by atoms with Gasteiger partial charge in [-0.05, 0) is 55.8 Å². The number of amides is 1. The van der Waals surface area contributed by atoms with Crippen molar-refractivity contribution in [2.24, 2.45) is 0 Å². The summed E-state index contributed by atoms with van der Waals surface area (Å²) in [5.41, 5.74) is 1.68. The van der Waals surface area contributed by atoms with Gasteiger partial charge in [-0.3, -0.25) is 4.79 Å². The first kappa shape index (κ1) is 20.0. The molecule has 0 aliphatic heterocycles. The summed E-state index contributed by atoms with van der Waals surface area (Å²) in [5.74, 6) is 0.446. The number of ether oxygens (including phenoxy) is 3. The minimum Gasteiger partial charge on any atom is -0.493 e. The Hall–Kier alpha value is -3.28. The molecule has 0 spiro atoms. The minimum absolute atomic E-state index is 0.208. The van der Waals surface area contributed by atoms with Crippen molar-refractivity contribution in [3.63, 3.8) is 0 Å². The molecule has 0 aliphatic carbocycles. The van der Waals surface area contributed by atoms with Gasteiger partial charge in [0, 0.05) is 11.8 Å². The summed E-state index contributed by atoms with van der Waals surface area (Å²) >= 11 is 0. The van der Waals surface area contributed by atoms with Crippen LogP contribution in [0.3, 0.4) is 0 Å². The van der Waals surface area contributed by atoms with Crippen molar-refractivity contribution in [1.82, 2.24) is 0 Å². The molecule has 0 saturated carbocycles. The number of esters is 1. The van der Waals surface area contributed by atoms with Crippen molar-refractivity contribution < 1.29 is 23.8 Å². The van der Waals surface area contributed by atoms with E-state index in [1.165, 1.54) is 6.08 Å². The van der Waals surface area contributed by atoms with Gasteiger partial charge in [0.2, 0.25) is 5.91 Å². The number of methoxy groups -OCH3 is 2. The van der Waals surface area contributed by atoms with E-state index in [0.29, 0.717) is 22.7 Å². The maximum absolute atomic E-state index is 12.2. The standard InChI is InChI=1S/C21H23NO5/c1-14(2)27-21(24)16-6-5-7-17(13-16)22-20(23)11-9-15-8-10-18(25-3)19(12-15)26-4/h5-14H,1-4H3,(H,22,23)/b11-9+. The second-order valence-corrected chi connectivity index (χ2v) is 5.97. The lowest BCUT2D eigenvalue weighted by Crippen LogP contribution is -2.13. The van der Waals surface area contributed by atoms with E-state index in [2.05, 4.69) is 5.32 Å². The number of carbonyl (C=O) groups excluding carboxylic acids is 2. The number of anilines is 1. The Kier molecular flexibility index (Phi) is 7.00. The summed E-state index contributed by atoms with van der Waals surface area (Å²) in [5, 5.41) is 2.72. The van der Waals surface area contributed by atoms with E-state index < -0.39 is 5.97 Å². The van der Waals surface area contributed by atoms with Gasteiger partial charge in [-0.25, -0.2) is 4.79 Å². The summed E-state index contributed by atoms with van der Waals surface area (Å²) in [6, 6.07) is 11.9. The molecule has 0 aromatic heterocycles. The molecule has 2 aromatic carbocycles. The average Bonchev–Trinajstić information content (AvgIpc) is 2.65. The number of hydrogen-bond donors (Lipinski definition) is 1. The molecule has 0 unspecified atom stereocenters. The maximum atomic E-state index is 12.2. The zero-order valence-corrected chi connectivity index (χ0v) is 15.8. The summed E-state index contributed by atoms with van der Waals surface area (Å²) in [6.45, 7) is 3.56. The zero-order valence-electron chi connectivity index (χ0n) is 15.8. The van der Waals surface area contributed by atoms with Gasteiger partial charge in [0.15, 0.2) is 11.5 Å². The van der Waals surface area contributed by atoms with Crippen LogP contribution in [0.4, 0.5) is 5.69 Å². The monoisotopic (exact) mass is 369 g/mol. The number of rotatable bonds is 7. The van der Waals surface area contributed by atoms with Gasteiger partial charge in [-0.15, -0.1) is 0 Å². The van der Waals surface area contributed by atoms with Crippen LogP contribution in [0, 0.1) is 0 Å². The summed E-state index contributed by atoms with van der Waals surface area (Å²) in [4.78, 5) is 24.1. The Morgan fingerprint density at radius 3 is 2.41 bits per heavy atom. The van der Waals surface area contributed by atoms with Gasteiger partial charge in [-0.2, -0.15) is 0 Å². The highest BCUT2D eigenvalue weighted by Gasteiger charge is 2.10. The number of carbonyl (C=O) groups is 2. The number of nitrogens with one attached hydrogen (secondary N) is 1. The van der Waals surface area contributed by atoms with Crippen LogP contribution in [0.1, 0.15) is 29.8 Å². The topological polar surface area (TPSA) is 73.9 Å². The van der Waals surface area contributed by atoms with Crippen molar-refractivity contribution in [2.45, 2.75) is 20.0 Å². The molecule has 1 N–H and O–H groups in total. The van der Waals surface area contributed by atoms with Crippen LogP contribution in [0.15, 0.2) is 48.5 Å². The first-order valence-electron chi connectivity index (χ1n) is 8.45. The molecule has 142 valence electrons. The van der Waals surface area contributed by atoms with Gasteiger partial charge < -0.3 is 19.5 Å². The first-order chi connectivity index (χ1) is 12.9. The molecule has 0 heterocycles. The lowest BCUT2D eigenvalue weighted by Gasteiger charge is -2.09. The molecular formula is C21H23NO5. The molecule has 0 radical (unpaired) electrons. The summed E-state index contributed by atoms with van der Waals surface area (Å²) < 4.78 is 15.6. The van der Waals surface area contributed by atoms with E-state index in [1.54, 1.807) is 70.5 Å². The second-order valence-electron chi connectivity index (χ2n) is 5.97. The van der Waals surface area contributed by atoms with Crippen LogP contribution in [-0.2, 0) is 9.53 Å². The quantitative estimate of drug-likeness (QED) is 0.591. The number of benzene rings is 2. The van der Waals surface area contributed by atoms with Crippen LogP contribution in [0.2, 0.25) is 0 Å². The van der Waals surface area contributed by atoms with Crippen molar-refractivity contribution in [3.8, 4) is 11.5 Å². The molecule has 0 atom stereocenters. The largest absolute Gasteiger partial charge is 0.493 e. The van der Waals surface area contributed by atoms with Crippen molar-refractivity contribution in [2.75, 3.05) is 19.5 Å². The highest BCUT2D eigenvalue weighted by molar-refractivity contribution is 6.02. The van der Waals surface area contributed by atoms with Gasteiger partial charge in [0.1, 0.15) is 0 Å². The average molecular weight is 369 g/mol. The number of hydrogen-bond acceptors (Lipinski definition) is 5. The lowest BCUT2D eigenvalue weighted by molar-refractivity contribution is -0.111. The Balaban J connectivity index is 2.05. The molecule has 6 nitrogen and oxygen atoms in total. The van der Waals surface area contributed by atoms with Crippen LogP contribution in [0.5, 0.6) is 11.5 Å². The second kappa shape index (κ2) is 9.43. The predicted octanol–water partition coefficient (Wildman–Crippen LogP) is 3.92.